The molecule has 0 bridgehead atoms. The van der Waals surface area contributed by atoms with E-state index in [0.29, 0.717) is 12.8 Å². The van der Waals surface area contributed by atoms with Crippen LogP contribution >= 0.6 is 0 Å². The van der Waals surface area contributed by atoms with Gasteiger partial charge in [-0.3, -0.25) is 9.59 Å². The number of carbonyl (C=O) groups excluding carboxylic acids is 2. The number of carbonyl (C=O) groups is 2. The maximum atomic E-state index is 12.8. The molecule has 3 heteroatoms. The number of anilines is 1. The number of ketones is 1. The Morgan fingerprint density at radius 2 is 1.57 bits per heavy atom. The molecule has 2 aromatic rings. The summed E-state index contributed by atoms with van der Waals surface area (Å²) >= 11 is 0. The zero-order chi connectivity index (χ0) is 14.7. The Hall–Kier alpha value is -2.42. The van der Waals surface area contributed by atoms with Gasteiger partial charge in [-0.05, 0) is 24.1 Å². The number of Topliss-reactive ketones (excluding diaryl/α,β-unsaturated/α-hetero) is 1. The summed E-state index contributed by atoms with van der Waals surface area (Å²) in [4.78, 5) is 24.6. The van der Waals surface area contributed by atoms with Crippen LogP contribution in [-0.4, -0.2) is 11.7 Å². The number of nitrogens with one attached hydrogen (secondary N) is 1. The lowest BCUT2D eigenvalue weighted by atomic mass is 9.78. The summed E-state index contributed by atoms with van der Waals surface area (Å²) in [5.74, 6) is 0.0628. The van der Waals surface area contributed by atoms with Gasteiger partial charge in [0.25, 0.3) is 0 Å². The third-order valence-corrected chi connectivity index (χ3v) is 4.12. The molecule has 0 aliphatic heterocycles. The molecule has 21 heavy (non-hydrogen) atoms. The molecule has 106 valence electrons. The molecule has 0 unspecified atom stereocenters. The van der Waals surface area contributed by atoms with Crippen LogP contribution in [0.3, 0.4) is 0 Å². The molecule has 3 nitrogen and oxygen atoms in total. The lowest BCUT2D eigenvalue weighted by Crippen LogP contribution is -2.38. The molecule has 1 saturated carbocycles. The third kappa shape index (κ3) is 2.59. The minimum absolute atomic E-state index is 0.0919. The lowest BCUT2D eigenvalue weighted by Gasteiger charge is -2.27. The van der Waals surface area contributed by atoms with E-state index in [2.05, 4.69) is 5.32 Å². The van der Waals surface area contributed by atoms with E-state index in [9.17, 15) is 9.59 Å². The van der Waals surface area contributed by atoms with E-state index in [0.717, 1.165) is 11.3 Å². The highest BCUT2D eigenvalue weighted by Crippen LogP contribution is 2.40. The SMILES string of the molecule is O=C1CC[C@@](C(=O)Nc2ccccc2)(c2ccccc2)C1. The number of para-hydroxylation sites is 1. The molecule has 1 N–H and O–H groups in total. The molecule has 0 saturated heterocycles. The minimum Gasteiger partial charge on any atom is -0.325 e. The van der Waals surface area contributed by atoms with Crippen molar-refractivity contribution in [3.8, 4) is 0 Å². The standard InChI is InChI=1S/C18H17NO2/c20-16-11-12-18(13-16,14-7-3-1-4-8-14)17(21)19-15-9-5-2-6-10-15/h1-10H,11-13H2,(H,19,21)/t18-/m0/s1. The smallest absolute Gasteiger partial charge is 0.235 e. The van der Waals surface area contributed by atoms with Crippen LogP contribution in [0.15, 0.2) is 60.7 Å². The summed E-state index contributed by atoms with van der Waals surface area (Å²) in [6.07, 6.45) is 1.33. The predicted molar refractivity (Wildman–Crippen MR) is 82.0 cm³/mol. The second-order valence-corrected chi connectivity index (χ2v) is 5.48. The first-order valence-corrected chi connectivity index (χ1v) is 7.14. The zero-order valence-corrected chi connectivity index (χ0v) is 11.7. The Kier molecular flexibility index (Phi) is 3.57. The molecule has 0 spiro atoms. The van der Waals surface area contributed by atoms with Crippen LogP contribution in [0.25, 0.3) is 0 Å². The molecule has 1 fully saturated rings. The van der Waals surface area contributed by atoms with Crippen molar-refractivity contribution in [1.29, 1.82) is 0 Å². The molecule has 1 atom stereocenters. The third-order valence-electron chi connectivity index (χ3n) is 4.12. The van der Waals surface area contributed by atoms with Crippen LogP contribution in [-0.2, 0) is 15.0 Å². The van der Waals surface area contributed by atoms with Crippen LogP contribution in [0.5, 0.6) is 0 Å². The Labute approximate surface area is 124 Å². The van der Waals surface area contributed by atoms with Gasteiger partial charge in [0.2, 0.25) is 5.91 Å². The van der Waals surface area contributed by atoms with Gasteiger partial charge >= 0.3 is 0 Å². The van der Waals surface area contributed by atoms with Crippen molar-refractivity contribution in [2.24, 2.45) is 0 Å². The van der Waals surface area contributed by atoms with Gasteiger partial charge in [-0.1, -0.05) is 48.5 Å². The summed E-state index contributed by atoms with van der Waals surface area (Å²) in [6.45, 7) is 0. The molecule has 1 aliphatic rings. The van der Waals surface area contributed by atoms with Gasteiger partial charge in [-0.15, -0.1) is 0 Å². The first kappa shape index (κ1) is 13.6. The predicted octanol–water partition coefficient (Wildman–Crippen LogP) is 3.32. The summed E-state index contributed by atoms with van der Waals surface area (Å²) in [6, 6.07) is 19.0. The van der Waals surface area contributed by atoms with Crippen molar-refractivity contribution in [3.05, 3.63) is 66.2 Å². The van der Waals surface area contributed by atoms with Gasteiger partial charge < -0.3 is 5.32 Å². The minimum atomic E-state index is -0.728. The Balaban J connectivity index is 1.93. The van der Waals surface area contributed by atoms with E-state index < -0.39 is 5.41 Å². The van der Waals surface area contributed by atoms with Crippen molar-refractivity contribution < 1.29 is 9.59 Å². The highest BCUT2D eigenvalue weighted by molar-refractivity contribution is 6.04. The van der Waals surface area contributed by atoms with E-state index in [1.54, 1.807) is 0 Å². The number of amides is 1. The Bertz CT molecular complexity index is 651. The number of benzene rings is 2. The van der Waals surface area contributed by atoms with Crippen molar-refractivity contribution in [2.75, 3.05) is 5.32 Å². The molecular weight excluding hydrogens is 262 g/mol. The largest absolute Gasteiger partial charge is 0.325 e. The molecular formula is C18H17NO2. The highest BCUT2D eigenvalue weighted by atomic mass is 16.2. The topological polar surface area (TPSA) is 46.2 Å². The lowest BCUT2D eigenvalue weighted by molar-refractivity contribution is -0.124. The second-order valence-electron chi connectivity index (χ2n) is 5.48. The average Bonchev–Trinajstić information content (AvgIpc) is 2.93. The van der Waals surface area contributed by atoms with Crippen LogP contribution in [0.1, 0.15) is 24.8 Å². The molecule has 3 rings (SSSR count). The first-order valence-electron chi connectivity index (χ1n) is 7.14. The molecule has 1 amide bonds. The van der Waals surface area contributed by atoms with Gasteiger partial charge in [0.1, 0.15) is 5.78 Å². The van der Waals surface area contributed by atoms with Crippen molar-refractivity contribution in [3.63, 3.8) is 0 Å². The normalized spacial score (nSPS) is 21.2. The van der Waals surface area contributed by atoms with Crippen LogP contribution in [0.2, 0.25) is 0 Å². The maximum Gasteiger partial charge on any atom is 0.235 e. The number of hydrogen-bond donors (Lipinski definition) is 1. The number of hydrogen-bond acceptors (Lipinski definition) is 2. The Morgan fingerprint density at radius 3 is 2.14 bits per heavy atom. The van der Waals surface area contributed by atoms with Gasteiger partial charge in [-0.25, -0.2) is 0 Å². The van der Waals surface area contributed by atoms with E-state index in [1.807, 2.05) is 60.7 Å². The average molecular weight is 279 g/mol. The van der Waals surface area contributed by atoms with Gasteiger partial charge in [0, 0.05) is 18.5 Å². The first-order chi connectivity index (χ1) is 10.2. The molecule has 0 aromatic heterocycles. The quantitative estimate of drug-likeness (QED) is 0.936. The number of rotatable bonds is 3. The monoisotopic (exact) mass is 279 g/mol. The summed E-state index contributed by atoms with van der Waals surface area (Å²) in [7, 11) is 0. The van der Waals surface area contributed by atoms with Gasteiger partial charge in [0.15, 0.2) is 0 Å². The van der Waals surface area contributed by atoms with Gasteiger partial charge in [-0.2, -0.15) is 0 Å². The fourth-order valence-electron chi connectivity index (χ4n) is 2.97. The van der Waals surface area contributed by atoms with Crippen LogP contribution in [0, 0.1) is 0 Å². The van der Waals surface area contributed by atoms with Crippen LogP contribution in [0.4, 0.5) is 5.69 Å². The zero-order valence-electron chi connectivity index (χ0n) is 11.7. The van der Waals surface area contributed by atoms with E-state index in [1.165, 1.54) is 0 Å². The van der Waals surface area contributed by atoms with E-state index >= 15 is 0 Å². The Morgan fingerprint density at radius 1 is 0.952 bits per heavy atom. The van der Waals surface area contributed by atoms with Crippen LogP contribution < -0.4 is 5.32 Å². The summed E-state index contributed by atoms with van der Waals surface area (Å²) < 4.78 is 0. The van der Waals surface area contributed by atoms with Crippen molar-refractivity contribution >= 4 is 17.4 Å². The fraction of sp³-hybridized carbons (Fsp3) is 0.222. The van der Waals surface area contributed by atoms with Gasteiger partial charge in [0.05, 0.1) is 5.41 Å². The molecule has 0 radical (unpaired) electrons. The molecule has 1 aliphatic carbocycles. The van der Waals surface area contributed by atoms with Crippen molar-refractivity contribution in [1.82, 2.24) is 0 Å². The second kappa shape index (κ2) is 5.52. The fourth-order valence-corrected chi connectivity index (χ4v) is 2.97. The molecule has 2 aromatic carbocycles. The maximum absolute atomic E-state index is 12.8. The summed E-state index contributed by atoms with van der Waals surface area (Å²) in [5, 5.41) is 2.95. The summed E-state index contributed by atoms with van der Waals surface area (Å²) in [5.41, 5.74) is 0.954. The molecule has 0 heterocycles. The highest BCUT2D eigenvalue weighted by Gasteiger charge is 2.46. The van der Waals surface area contributed by atoms with Crippen molar-refractivity contribution in [2.45, 2.75) is 24.7 Å². The van der Waals surface area contributed by atoms with E-state index in [-0.39, 0.29) is 18.1 Å². The van der Waals surface area contributed by atoms with E-state index in [4.69, 9.17) is 0 Å².